The van der Waals surface area contributed by atoms with E-state index in [1.54, 1.807) is 5.57 Å². The maximum absolute atomic E-state index is 10.6. The van der Waals surface area contributed by atoms with Crippen LogP contribution in [0.3, 0.4) is 0 Å². The van der Waals surface area contributed by atoms with Crippen molar-refractivity contribution in [2.45, 2.75) is 206 Å². The Labute approximate surface area is 289 Å². The first kappa shape index (κ1) is 44.8. The number of aliphatic hydroxyl groups is 1. The summed E-state index contributed by atoms with van der Waals surface area (Å²) in [5.74, 6) is 0. The Morgan fingerprint density at radius 1 is 0.565 bits per heavy atom. The highest BCUT2D eigenvalue weighted by atomic mass is 16.3. The van der Waals surface area contributed by atoms with E-state index in [-0.39, 0.29) is 6.23 Å². The van der Waals surface area contributed by atoms with Crippen LogP contribution in [0.1, 0.15) is 194 Å². The predicted molar refractivity (Wildman–Crippen MR) is 209 cm³/mol. The van der Waals surface area contributed by atoms with Gasteiger partial charge < -0.3 is 10.0 Å². The second-order valence-corrected chi connectivity index (χ2v) is 14.3. The first-order valence-corrected chi connectivity index (χ1v) is 20.2. The van der Waals surface area contributed by atoms with Crippen molar-refractivity contribution in [2.75, 3.05) is 20.6 Å². The molecule has 0 fully saturated rings. The Balaban J connectivity index is 4.00. The van der Waals surface area contributed by atoms with Gasteiger partial charge in [0.25, 0.3) is 0 Å². The zero-order valence-corrected chi connectivity index (χ0v) is 31.9. The van der Waals surface area contributed by atoms with Gasteiger partial charge in [0, 0.05) is 12.6 Å². The molecule has 0 bridgehead atoms. The zero-order valence-electron chi connectivity index (χ0n) is 31.9. The number of nitrogens with zero attached hydrogens (tertiary/aromatic N) is 1. The van der Waals surface area contributed by atoms with Crippen molar-refractivity contribution >= 4 is 0 Å². The molecule has 3 nitrogen and oxygen atoms in total. The lowest BCUT2D eigenvalue weighted by atomic mass is 9.99. The minimum absolute atomic E-state index is 0.384. The average Bonchev–Trinajstić information content (AvgIpc) is 3.04. The highest BCUT2D eigenvalue weighted by Crippen LogP contribution is 2.16. The summed E-state index contributed by atoms with van der Waals surface area (Å²) < 4.78 is 0. The summed E-state index contributed by atoms with van der Waals surface area (Å²) in [5, 5.41) is 14.2. The fourth-order valence-corrected chi connectivity index (χ4v) is 6.03. The van der Waals surface area contributed by atoms with Gasteiger partial charge in [-0.25, -0.2) is 0 Å². The number of nitrogens with one attached hydrogen (secondary N) is 1. The normalized spacial score (nSPS) is 14.1. The topological polar surface area (TPSA) is 35.5 Å². The lowest BCUT2D eigenvalue weighted by Crippen LogP contribution is -2.39. The minimum Gasteiger partial charge on any atom is -0.379 e. The van der Waals surface area contributed by atoms with E-state index in [1.807, 2.05) is 0 Å². The Morgan fingerprint density at radius 3 is 1.54 bits per heavy atom. The van der Waals surface area contributed by atoms with E-state index in [4.69, 9.17) is 0 Å². The zero-order chi connectivity index (χ0) is 33.8. The van der Waals surface area contributed by atoms with Gasteiger partial charge in [-0.3, -0.25) is 5.32 Å². The molecule has 0 aliphatic heterocycles. The van der Waals surface area contributed by atoms with Crippen molar-refractivity contribution in [2.24, 2.45) is 0 Å². The van der Waals surface area contributed by atoms with Crippen LogP contribution in [0.25, 0.3) is 0 Å². The number of rotatable bonds is 35. The summed E-state index contributed by atoms with van der Waals surface area (Å²) in [7, 11) is 4.17. The number of unbranched alkanes of at least 4 members (excludes halogenated alkanes) is 17. The molecule has 0 aromatic heterocycles. The molecule has 46 heavy (non-hydrogen) atoms. The smallest absolute Gasteiger partial charge is 0.106 e. The number of hydrogen-bond donors (Lipinski definition) is 2. The van der Waals surface area contributed by atoms with Crippen LogP contribution in [0.5, 0.6) is 0 Å². The van der Waals surface area contributed by atoms with Crippen LogP contribution < -0.4 is 5.32 Å². The molecule has 270 valence electrons. The van der Waals surface area contributed by atoms with E-state index >= 15 is 0 Å². The molecule has 2 N–H and O–H groups in total. The summed E-state index contributed by atoms with van der Waals surface area (Å²) in [6.45, 7) is 7.75. The third-order valence-electron chi connectivity index (χ3n) is 9.15. The van der Waals surface area contributed by atoms with E-state index in [9.17, 15) is 5.11 Å². The summed E-state index contributed by atoms with van der Waals surface area (Å²) in [6.07, 6.45) is 50.6. The second kappa shape index (κ2) is 36.7. The lowest BCUT2D eigenvalue weighted by Gasteiger charge is -2.24. The summed E-state index contributed by atoms with van der Waals surface area (Å²) in [6, 6.07) is 0.456. The fourth-order valence-electron chi connectivity index (χ4n) is 6.03. The van der Waals surface area contributed by atoms with Crippen LogP contribution in [-0.2, 0) is 0 Å². The van der Waals surface area contributed by atoms with Gasteiger partial charge in [0.1, 0.15) is 6.23 Å². The summed E-state index contributed by atoms with van der Waals surface area (Å²) in [4.78, 5) is 2.16. The molecule has 0 saturated carbocycles. The van der Waals surface area contributed by atoms with Gasteiger partial charge in [-0.2, -0.15) is 0 Å². The molecule has 0 saturated heterocycles. The van der Waals surface area contributed by atoms with Crippen molar-refractivity contribution in [3.63, 3.8) is 0 Å². The first-order valence-electron chi connectivity index (χ1n) is 20.2. The Kier molecular flexibility index (Phi) is 35.7. The van der Waals surface area contributed by atoms with E-state index in [0.717, 1.165) is 25.8 Å². The van der Waals surface area contributed by atoms with Crippen LogP contribution in [0.4, 0.5) is 0 Å². The maximum atomic E-state index is 10.6. The first-order chi connectivity index (χ1) is 22.5. The van der Waals surface area contributed by atoms with Crippen LogP contribution in [0, 0.1) is 0 Å². The molecular weight excluding hydrogens is 560 g/mol. The van der Waals surface area contributed by atoms with Gasteiger partial charge >= 0.3 is 0 Å². The molecule has 2 unspecified atom stereocenters. The Morgan fingerprint density at radius 2 is 1.02 bits per heavy atom. The molecule has 0 spiro atoms. The Bertz CT molecular complexity index is 722. The highest BCUT2D eigenvalue weighted by molar-refractivity contribution is 5.02. The van der Waals surface area contributed by atoms with E-state index < -0.39 is 0 Å². The molecule has 0 radical (unpaired) electrons. The molecule has 0 heterocycles. The van der Waals surface area contributed by atoms with Gasteiger partial charge in [0.05, 0.1) is 0 Å². The summed E-state index contributed by atoms with van der Waals surface area (Å²) in [5.41, 5.74) is 1.56. The SMILES string of the molecule is CCCCC/C=C\C/C=C\CCCCCCCCC(CCCCCCCC/C=C\C/C=C(/C)CCCCC)NC(O)CCN(C)C. The molecule has 0 amide bonds. The van der Waals surface area contributed by atoms with Gasteiger partial charge in [-0.1, -0.05) is 152 Å². The molecule has 0 aromatic rings. The van der Waals surface area contributed by atoms with Crippen molar-refractivity contribution in [1.82, 2.24) is 10.2 Å². The summed E-state index contributed by atoms with van der Waals surface area (Å²) >= 11 is 0. The highest BCUT2D eigenvalue weighted by Gasteiger charge is 2.13. The van der Waals surface area contributed by atoms with Crippen LogP contribution in [0.2, 0.25) is 0 Å². The standard InChI is InChI=1S/C43H82N2O/c1-6-8-10-11-12-13-14-15-16-17-18-19-23-26-29-33-37-42(44-43(46)39-40-45(4)5)38-34-30-27-24-21-20-22-25-28-32-36-41(3)35-31-9-7-2/h12-13,15-16,25,28,36,42-44,46H,6-11,14,17-24,26-27,29-35,37-40H2,1-5H3/b13-12-,16-15-,28-25-,41-36-. The van der Waals surface area contributed by atoms with Crippen molar-refractivity contribution in [3.8, 4) is 0 Å². The Hall–Kier alpha value is -1.16. The van der Waals surface area contributed by atoms with Crippen LogP contribution in [-0.4, -0.2) is 42.9 Å². The minimum atomic E-state index is -0.384. The van der Waals surface area contributed by atoms with Gasteiger partial charge in [-0.05, 0) is 104 Å². The molecule has 0 aliphatic rings. The largest absolute Gasteiger partial charge is 0.379 e. The van der Waals surface area contributed by atoms with Crippen LogP contribution in [0.15, 0.2) is 48.1 Å². The van der Waals surface area contributed by atoms with Crippen molar-refractivity contribution in [3.05, 3.63) is 48.1 Å². The van der Waals surface area contributed by atoms with Gasteiger partial charge in [-0.15, -0.1) is 0 Å². The second-order valence-electron chi connectivity index (χ2n) is 14.3. The molecule has 2 atom stereocenters. The number of hydrogen-bond acceptors (Lipinski definition) is 3. The molecule has 0 rings (SSSR count). The number of aliphatic hydroxyl groups excluding tert-OH is 1. The number of allylic oxidation sites excluding steroid dienone is 8. The third kappa shape index (κ3) is 35.7. The quantitative estimate of drug-likeness (QED) is 0.0410. The van der Waals surface area contributed by atoms with Crippen molar-refractivity contribution in [1.29, 1.82) is 0 Å². The lowest BCUT2D eigenvalue weighted by molar-refractivity contribution is 0.0995. The van der Waals surface area contributed by atoms with E-state index in [1.165, 1.54) is 154 Å². The third-order valence-corrected chi connectivity index (χ3v) is 9.15. The monoisotopic (exact) mass is 643 g/mol. The molecule has 3 heteroatoms. The average molecular weight is 643 g/mol. The van der Waals surface area contributed by atoms with E-state index in [0.29, 0.717) is 6.04 Å². The maximum Gasteiger partial charge on any atom is 0.106 e. The van der Waals surface area contributed by atoms with Gasteiger partial charge in [0.2, 0.25) is 0 Å². The predicted octanol–water partition coefficient (Wildman–Crippen LogP) is 13.0. The van der Waals surface area contributed by atoms with Crippen LogP contribution >= 0.6 is 0 Å². The molecule has 0 aliphatic carbocycles. The van der Waals surface area contributed by atoms with Gasteiger partial charge in [0.15, 0.2) is 0 Å². The van der Waals surface area contributed by atoms with E-state index in [2.05, 4.69) is 87.6 Å². The fraction of sp³-hybridized carbons (Fsp3) is 0.814. The molecule has 0 aromatic carbocycles. The van der Waals surface area contributed by atoms with Crippen molar-refractivity contribution < 1.29 is 5.11 Å². The molecular formula is C43H82N2O.